The quantitative estimate of drug-likeness (QED) is 0.202. The van der Waals surface area contributed by atoms with E-state index in [1.54, 1.807) is 0 Å². The number of carbonyl (C=O) groups is 4. The Hall–Kier alpha value is -3.99. The van der Waals surface area contributed by atoms with Gasteiger partial charge in [0, 0.05) is 13.0 Å². The van der Waals surface area contributed by atoms with Crippen LogP contribution in [0.4, 0.5) is 9.18 Å². The molecule has 2 heterocycles. The van der Waals surface area contributed by atoms with Crippen LogP contribution in [-0.2, 0) is 41.6 Å². The highest BCUT2D eigenvalue weighted by Crippen LogP contribution is 2.24. The summed E-state index contributed by atoms with van der Waals surface area (Å²) >= 11 is 0. The topological polar surface area (TPSA) is 132 Å². The van der Waals surface area contributed by atoms with E-state index in [2.05, 4.69) is 16.0 Å². The van der Waals surface area contributed by atoms with Crippen molar-refractivity contribution in [1.29, 1.82) is 0 Å². The van der Waals surface area contributed by atoms with E-state index in [-0.39, 0.29) is 31.0 Å². The second kappa shape index (κ2) is 16.9. The van der Waals surface area contributed by atoms with E-state index in [0.29, 0.717) is 38.0 Å². The Morgan fingerprint density at radius 3 is 2.31 bits per heavy atom. The molecule has 2 aromatic carbocycles. The minimum Gasteiger partial charge on any atom is -0.467 e. The highest BCUT2D eigenvalue weighted by Gasteiger charge is 2.30. The maximum absolute atomic E-state index is 13.7. The Kier molecular flexibility index (Phi) is 12.7. The lowest BCUT2D eigenvalue weighted by Crippen LogP contribution is -2.56. The summed E-state index contributed by atoms with van der Waals surface area (Å²) in [5.74, 6) is -2.12. The van der Waals surface area contributed by atoms with Crippen LogP contribution in [0, 0.1) is 24.1 Å². The van der Waals surface area contributed by atoms with E-state index in [1.165, 1.54) is 24.3 Å². The van der Waals surface area contributed by atoms with E-state index < -0.39 is 47.8 Å². The van der Waals surface area contributed by atoms with Gasteiger partial charge in [-0.05, 0) is 61.3 Å². The molecule has 2 aromatic rings. The molecule has 2 aliphatic rings. The lowest BCUT2D eigenvalue weighted by Gasteiger charge is -2.34. The minimum absolute atomic E-state index is 0.00702. The summed E-state index contributed by atoms with van der Waals surface area (Å²) in [7, 11) is 0. The number of rotatable bonds is 15. The van der Waals surface area contributed by atoms with Crippen molar-refractivity contribution in [2.75, 3.05) is 13.2 Å². The molecule has 2 fully saturated rings. The first-order valence-electron chi connectivity index (χ1n) is 15.6. The van der Waals surface area contributed by atoms with Gasteiger partial charge in [0.2, 0.25) is 11.8 Å². The maximum Gasteiger partial charge on any atom is 0.408 e. The van der Waals surface area contributed by atoms with Crippen LogP contribution in [0.2, 0.25) is 0 Å². The molecule has 0 unspecified atom stereocenters. The van der Waals surface area contributed by atoms with Crippen molar-refractivity contribution < 1.29 is 37.8 Å². The van der Waals surface area contributed by atoms with Crippen LogP contribution < -0.4 is 16.0 Å². The molecule has 0 radical (unpaired) electrons. The Bertz CT molecular complexity index is 1270. The normalized spacial score (nSPS) is 19.8. The molecule has 0 bridgehead atoms. The molecule has 10 nitrogen and oxygen atoms in total. The third-order valence-corrected chi connectivity index (χ3v) is 7.82. The minimum atomic E-state index is -1.11. The number of carbonyl (C=O) groups excluding carboxylic acids is 4. The predicted octanol–water partition coefficient (Wildman–Crippen LogP) is 4.02. The lowest BCUT2D eigenvalue weighted by molar-refractivity contribution is -0.140. The fourth-order valence-electron chi connectivity index (χ4n) is 5.50. The third kappa shape index (κ3) is 11.1. The summed E-state index contributed by atoms with van der Waals surface area (Å²) in [6.45, 7) is 4.87. The Balaban J connectivity index is 1.45. The average Bonchev–Trinajstić information content (AvgIpc) is 3.68. The molecule has 2 saturated heterocycles. The van der Waals surface area contributed by atoms with Crippen molar-refractivity contribution >= 4 is 23.9 Å². The number of esters is 1. The molecule has 0 aromatic heterocycles. The van der Waals surface area contributed by atoms with Crippen molar-refractivity contribution in [3.63, 3.8) is 0 Å². The van der Waals surface area contributed by atoms with Gasteiger partial charge in [0.1, 0.15) is 24.5 Å². The molecule has 11 heteroatoms. The Labute approximate surface area is 263 Å². The number of cyclic esters (lactones) is 1. The molecular weight excluding hydrogens is 581 g/mol. The van der Waals surface area contributed by atoms with E-state index in [0.717, 1.165) is 18.4 Å². The van der Waals surface area contributed by atoms with Gasteiger partial charge in [0.15, 0.2) is 0 Å². The molecule has 45 heavy (non-hydrogen) atoms. The van der Waals surface area contributed by atoms with Crippen LogP contribution in [0.15, 0.2) is 54.6 Å². The van der Waals surface area contributed by atoms with Gasteiger partial charge in [-0.1, -0.05) is 68.3 Å². The van der Waals surface area contributed by atoms with Crippen molar-refractivity contribution in [2.24, 2.45) is 11.8 Å². The van der Waals surface area contributed by atoms with Crippen LogP contribution in [0.5, 0.6) is 0 Å². The fraction of sp³-hybridized carbons (Fsp3) is 0.500. The molecule has 3 N–H and O–H groups in total. The number of halogens is 1. The molecule has 0 saturated carbocycles. The highest BCUT2D eigenvalue weighted by atomic mass is 19.1. The first-order chi connectivity index (χ1) is 21.7. The smallest absolute Gasteiger partial charge is 0.408 e. The van der Waals surface area contributed by atoms with Gasteiger partial charge < -0.3 is 30.2 Å². The van der Waals surface area contributed by atoms with Crippen molar-refractivity contribution in [3.05, 3.63) is 78.0 Å². The van der Waals surface area contributed by atoms with Crippen molar-refractivity contribution in [2.45, 2.75) is 83.2 Å². The lowest BCUT2D eigenvalue weighted by atomic mass is 9.93. The first kappa shape index (κ1) is 33.9. The summed E-state index contributed by atoms with van der Waals surface area (Å²) < 4.78 is 29.8. The van der Waals surface area contributed by atoms with Gasteiger partial charge in [-0.3, -0.25) is 20.8 Å². The first-order valence-corrected chi connectivity index (χ1v) is 15.6. The molecule has 2 aliphatic heterocycles. The number of hydrogen-bond donors (Lipinski definition) is 3. The predicted molar refractivity (Wildman–Crippen MR) is 164 cm³/mol. The second-order valence-corrected chi connectivity index (χ2v) is 12.0. The summed E-state index contributed by atoms with van der Waals surface area (Å²) in [5.41, 5.74) is 1.39. The fourth-order valence-corrected chi connectivity index (χ4v) is 5.50. The van der Waals surface area contributed by atoms with E-state index in [9.17, 15) is 23.6 Å². The molecule has 0 spiro atoms. The molecule has 5 atom stereocenters. The zero-order valence-corrected chi connectivity index (χ0v) is 25.8. The van der Waals surface area contributed by atoms with Gasteiger partial charge >= 0.3 is 6.09 Å². The largest absolute Gasteiger partial charge is 0.467 e. The zero-order valence-electron chi connectivity index (χ0n) is 25.8. The molecule has 244 valence electrons. The monoisotopic (exact) mass is 624 g/mol. The summed E-state index contributed by atoms with van der Waals surface area (Å²) in [5, 5.41) is 8.47. The van der Waals surface area contributed by atoms with Crippen LogP contribution in [-0.4, -0.2) is 61.3 Å². The van der Waals surface area contributed by atoms with Crippen LogP contribution in [0.25, 0.3) is 0 Å². The van der Waals surface area contributed by atoms with Gasteiger partial charge in [-0.2, -0.15) is 0 Å². The van der Waals surface area contributed by atoms with E-state index in [4.69, 9.17) is 14.2 Å². The number of alkyl carbamates (subject to hydrolysis) is 1. The van der Waals surface area contributed by atoms with Crippen LogP contribution in [0.3, 0.4) is 0 Å². The summed E-state index contributed by atoms with van der Waals surface area (Å²) in [4.78, 5) is 52.3. The van der Waals surface area contributed by atoms with Gasteiger partial charge in [0.05, 0.1) is 12.7 Å². The Morgan fingerprint density at radius 1 is 0.933 bits per heavy atom. The van der Waals surface area contributed by atoms with Gasteiger partial charge in [0.25, 0.3) is 5.97 Å². The Morgan fingerprint density at radius 2 is 1.67 bits per heavy atom. The number of hydrogen-bond acceptors (Lipinski definition) is 7. The number of ether oxygens (including phenoxy) is 3. The third-order valence-electron chi connectivity index (χ3n) is 7.82. The van der Waals surface area contributed by atoms with Gasteiger partial charge in [-0.25, -0.2) is 9.18 Å². The van der Waals surface area contributed by atoms with Crippen LogP contribution in [0.1, 0.15) is 57.1 Å². The standard InChI is InChI=1S/C34H43FN3O7/c1-22(2)17-29(31(39)36-27(20-28-9-6-15-43-28)19-25-14-16-44-33(25)41)37-32(40)30(18-23-10-12-26(35)13-11-23)38-34(42)45-21-24-7-4-3-5-8-24/h3-5,7-8,10-13,19,22,25,27-30H,6,9,14-18,20-21H2,1-2H3,(H,36,39)(H,37,40)(H,38,42)/q-1/t25-,27+,28-,29-,30-/m0/s1. The molecule has 0 aliphatic carbocycles. The van der Waals surface area contributed by atoms with E-state index >= 15 is 0 Å². The van der Waals surface area contributed by atoms with Crippen LogP contribution >= 0.6 is 0 Å². The number of amides is 3. The average molecular weight is 625 g/mol. The second-order valence-electron chi connectivity index (χ2n) is 12.0. The molecular formula is C34H43FN3O7-. The molecule has 4 rings (SSSR count). The highest BCUT2D eigenvalue weighted by molar-refractivity contribution is 5.91. The van der Waals surface area contributed by atoms with Crippen molar-refractivity contribution in [3.8, 4) is 0 Å². The zero-order chi connectivity index (χ0) is 32.2. The van der Waals surface area contributed by atoms with Crippen molar-refractivity contribution in [1.82, 2.24) is 16.0 Å². The summed E-state index contributed by atoms with van der Waals surface area (Å²) in [6, 6.07) is 12.2. The van der Waals surface area contributed by atoms with E-state index in [1.807, 2.05) is 50.6 Å². The maximum atomic E-state index is 13.7. The molecule has 3 amide bonds. The number of benzene rings is 2. The number of nitrogens with one attached hydrogen (secondary N) is 3. The summed E-state index contributed by atoms with van der Waals surface area (Å²) in [6.07, 6.45) is 4.16. The SMILES string of the molecule is CC(C)C[C@H](NC(=O)[C@H](Cc1ccc(F)cc1)NC(=O)OCc1ccccc1)C(=O)N[C@H]([CH-][C@@H]1CCOC1=O)C[C@@H]1CCCO1. The van der Waals surface area contributed by atoms with Gasteiger partial charge in [-0.15, -0.1) is 0 Å².